The van der Waals surface area contributed by atoms with E-state index >= 15 is 0 Å². The third-order valence-electron chi connectivity index (χ3n) is 10.3. The van der Waals surface area contributed by atoms with Crippen LogP contribution in [0, 0.1) is 0 Å². The SMILES string of the molecule is COc1ccc2c3c1O[C@@H]1[C@]34CCN(C)[C@H](C2)[C@]42C=C[C@@]1(OC)c1c2c(OC)c2ccccc2c1OC. The van der Waals surface area contributed by atoms with Crippen molar-refractivity contribution in [2.75, 3.05) is 42.0 Å². The standard InChI is InChI=1S/C31H31NO5/c1-32-15-14-30-22-17-10-11-20(33-2)27(22)37-28(30)31(36-5)13-12-29(30,21(32)16-17)23-24(31)26(35-4)19-9-7-6-8-18(19)25(23)34-3/h6-13,21,28H,14-16H2,1-5H3/t21-,28-,29+,30+,31-/m1/s1. The van der Waals surface area contributed by atoms with Gasteiger partial charge in [-0.15, -0.1) is 0 Å². The van der Waals surface area contributed by atoms with Gasteiger partial charge in [0.2, 0.25) is 0 Å². The molecule has 3 aromatic carbocycles. The Hall–Kier alpha value is -3.22. The van der Waals surface area contributed by atoms with Gasteiger partial charge in [0, 0.05) is 46.0 Å². The summed E-state index contributed by atoms with van der Waals surface area (Å²) < 4.78 is 32.2. The minimum absolute atomic E-state index is 0.226. The molecule has 0 unspecified atom stereocenters. The first-order chi connectivity index (χ1) is 18.0. The number of rotatable bonds is 4. The molecule has 0 aromatic heterocycles. The van der Waals surface area contributed by atoms with Gasteiger partial charge in [0.25, 0.3) is 0 Å². The molecule has 4 bridgehead atoms. The lowest BCUT2D eigenvalue weighted by Crippen LogP contribution is -2.78. The Labute approximate surface area is 216 Å². The van der Waals surface area contributed by atoms with E-state index in [2.05, 4.69) is 60.5 Å². The molecule has 6 aliphatic rings. The molecule has 6 nitrogen and oxygen atoms in total. The molecule has 190 valence electrons. The Bertz CT molecular complexity index is 1550. The van der Waals surface area contributed by atoms with E-state index in [1.165, 1.54) is 16.7 Å². The quantitative estimate of drug-likeness (QED) is 0.495. The zero-order valence-electron chi connectivity index (χ0n) is 21.9. The lowest BCUT2D eigenvalue weighted by Gasteiger charge is -2.69. The summed E-state index contributed by atoms with van der Waals surface area (Å²) in [5.74, 6) is 3.41. The fourth-order valence-corrected chi connectivity index (χ4v) is 9.04. The summed E-state index contributed by atoms with van der Waals surface area (Å²) in [6.07, 6.45) is 6.30. The molecule has 37 heavy (non-hydrogen) atoms. The van der Waals surface area contributed by atoms with E-state index in [9.17, 15) is 0 Å². The number of hydrogen-bond acceptors (Lipinski definition) is 6. The fraction of sp³-hybridized carbons (Fsp3) is 0.419. The second kappa shape index (κ2) is 6.80. The first-order valence-electron chi connectivity index (χ1n) is 13.0. The number of methoxy groups -OCH3 is 4. The number of hydrogen-bond donors (Lipinski definition) is 0. The topological polar surface area (TPSA) is 49.4 Å². The Kier molecular flexibility index (Phi) is 4.01. The molecule has 0 amide bonds. The Balaban J connectivity index is 1.62. The van der Waals surface area contributed by atoms with Crippen LogP contribution in [0.5, 0.6) is 23.0 Å². The molecule has 1 saturated heterocycles. The van der Waals surface area contributed by atoms with Crippen LogP contribution < -0.4 is 18.9 Å². The molecule has 3 aromatic rings. The predicted octanol–water partition coefficient (Wildman–Crippen LogP) is 4.49. The second-order valence-corrected chi connectivity index (χ2v) is 11.1. The van der Waals surface area contributed by atoms with Gasteiger partial charge in [-0.3, -0.25) is 0 Å². The van der Waals surface area contributed by atoms with Crippen molar-refractivity contribution in [3.05, 3.63) is 70.8 Å². The first kappa shape index (κ1) is 21.8. The van der Waals surface area contributed by atoms with Crippen molar-refractivity contribution in [2.45, 2.75) is 41.4 Å². The Morgan fingerprint density at radius 2 is 1.59 bits per heavy atom. The van der Waals surface area contributed by atoms with Gasteiger partial charge in [0.15, 0.2) is 17.1 Å². The number of likely N-dealkylation sites (N-methyl/N-ethyl adjacent to an activating group) is 1. The third-order valence-corrected chi connectivity index (χ3v) is 10.3. The van der Waals surface area contributed by atoms with Crippen molar-refractivity contribution in [1.29, 1.82) is 0 Å². The highest BCUT2D eigenvalue weighted by Crippen LogP contribution is 2.76. The van der Waals surface area contributed by atoms with Crippen molar-refractivity contribution in [3.8, 4) is 23.0 Å². The van der Waals surface area contributed by atoms with Crippen LogP contribution >= 0.6 is 0 Å². The van der Waals surface area contributed by atoms with E-state index < -0.39 is 5.60 Å². The van der Waals surface area contributed by atoms with Gasteiger partial charge < -0.3 is 28.6 Å². The zero-order chi connectivity index (χ0) is 25.3. The molecule has 0 radical (unpaired) electrons. The van der Waals surface area contributed by atoms with E-state index in [0.717, 1.165) is 58.7 Å². The van der Waals surface area contributed by atoms with E-state index in [1.807, 2.05) is 0 Å². The maximum absolute atomic E-state index is 7.08. The molecular weight excluding hydrogens is 466 g/mol. The van der Waals surface area contributed by atoms with Gasteiger partial charge in [-0.1, -0.05) is 36.4 Å². The van der Waals surface area contributed by atoms with Crippen LogP contribution in [-0.2, 0) is 27.6 Å². The average Bonchev–Trinajstić information content (AvgIpc) is 3.30. The normalized spacial score (nSPS) is 33.6. The number of benzene rings is 3. The van der Waals surface area contributed by atoms with Crippen LogP contribution in [0.3, 0.4) is 0 Å². The minimum atomic E-state index is -0.848. The van der Waals surface area contributed by atoms with Gasteiger partial charge >= 0.3 is 0 Å². The molecule has 6 heteroatoms. The highest BCUT2D eigenvalue weighted by molar-refractivity contribution is 5.98. The van der Waals surface area contributed by atoms with Crippen LogP contribution in [-0.4, -0.2) is 59.1 Å². The van der Waals surface area contributed by atoms with Crippen molar-refractivity contribution in [1.82, 2.24) is 4.90 Å². The number of ether oxygens (including phenoxy) is 5. The van der Waals surface area contributed by atoms with E-state index in [-0.39, 0.29) is 23.0 Å². The summed E-state index contributed by atoms with van der Waals surface area (Å²) in [5.41, 5.74) is 3.32. The first-order valence-corrected chi connectivity index (χ1v) is 13.0. The highest BCUT2D eigenvalue weighted by Gasteiger charge is 2.79. The molecule has 9 rings (SSSR count). The zero-order valence-corrected chi connectivity index (χ0v) is 21.9. The van der Waals surface area contributed by atoms with Crippen molar-refractivity contribution >= 4 is 10.8 Å². The molecule has 0 N–H and O–H groups in total. The second-order valence-electron chi connectivity index (χ2n) is 11.1. The fourth-order valence-electron chi connectivity index (χ4n) is 9.04. The molecule has 1 fully saturated rings. The van der Waals surface area contributed by atoms with Crippen molar-refractivity contribution in [3.63, 3.8) is 0 Å². The average molecular weight is 498 g/mol. The molecule has 5 atom stereocenters. The monoisotopic (exact) mass is 497 g/mol. The highest BCUT2D eigenvalue weighted by atomic mass is 16.6. The van der Waals surface area contributed by atoms with Crippen LogP contribution in [0.4, 0.5) is 0 Å². The summed E-state index contributed by atoms with van der Waals surface area (Å²) in [4.78, 5) is 2.54. The van der Waals surface area contributed by atoms with Crippen molar-refractivity contribution < 1.29 is 23.7 Å². The van der Waals surface area contributed by atoms with Gasteiger partial charge in [-0.05, 0) is 44.1 Å². The van der Waals surface area contributed by atoms with Crippen LogP contribution in [0.2, 0.25) is 0 Å². The van der Waals surface area contributed by atoms with E-state index in [1.54, 1.807) is 28.4 Å². The summed E-state index contributed by atoms with van der Waals surface area (Å²) in [7, 11) is 9.34. The van der Waals surface area contributed by atoms with Crippen LogP contribution in [0.25, 0.3) is 10.8 Å². The Morgan fingerprint density at radius 3 is 2.27 bits per heavy atom. The minimum Gasteiger partial charge on any atom is -0.496 e. The van der Waals surface area contributed by atoms with E-state index in [0.29, 0.717) is 0 Å². The van der Waals surface area contributed by atoms with Crippen molar-refractivity contribution in [2.24, 2.45) is 0 Å². The lowest BCUT2D eigenvalue weighted by atomic mass is 9.37. The van der Waals surface area contributed by atoms with E-state index in [4.69, 9.17) is 23.7 Å². The summed E-state index contributed by atoms with van der Waals surface area (Å²) in [6.45, 7) is 0.984. The maximum atomic E-state index is 7.08. The molecule has 2 aliphatic heterocycles. The van der Waals surface area contributed by atoms with Crippen LogP contribution in [0.15, 0.2) is 48.6 Å². The lowest BCUT2D eigenvalue weighted by molar-refractivity contribution is -0.145. The summed E-state index contributed by atoms with van der Waals surface area (Å²) >= 11 is 0. The third kappa shape index (κ3) is 2.03. The number of fused-ring (bicyclic) bond motifs is 1. The number of nitrogens with zero attached hydrogens (tertiary/aromatic N) is 1. The smallest absolute Gasteiger partial charge is 0.166 e. The largest absolute Gasteiger partial charge is 0.496 e. The number of piperidine rings is 1. The van der Waals surface area contributed by atoms with Gasteiger partial charge in [0.05, 0.1) is 26.7 Å². The Morgan fingerprint density at radius 1 is 0.865 bits per heavy atom. The summed E-state index contributed by atoms with van der Waals surface area (Å²) in [5, 5.41) is 2.08. The maximum Gasteiger partial charge on any atom is 0.166 e. The molecule has 0 saturated carbocycles. The number of likely N-dealkylation sites (tertiary alicyclic amines) is 1. The summed E-state index contributed by atoms with van der Waals surface area (Å²) in [6, 6.07) is 12.9. The molecule has 2 spiro atoms. The molecular formula is C31H31NO5. The molecule has 4 aliphatic carbocycles. The van der Waals surface area contributed by atoms with Gasteiger partial charge in [-0.2, -0.15) is 0 Å². The van der Waals surface area contributed by atoms with Gasteiger partial charge in [0.1, 0.15) is 17.6 Å². The van der Waals surface area contributed by atoms with Crippen LogP contribution in [0.1, 0.15) is 28.7 Å². The molecule has 2 heterocycles. The predicted molar refractivity (Wildman–Crippen MR) is 140 cm³/mol. The van der Waals surface area contributed by atoms with Gasteiger partial charge in [-0.25, -0.2) is 0 Å².